The van der Waals surface area contributed by atoms with Gasteiger partial charge >= 0.3 is 6.18 Å². The number of carbonyl (C=O) groups excluding carboxylic acids is 1. The fraction of sp³-hybridized carbons (Fsp3) is 0.333. The van der Waals surface area contributed by atoms with Crippen molar-refractivity contribution in [2.45, 2.75) is 25.9 Å². The molecule has 9 nitrogen and oxygen atoms in total. The second-order valence-corrected chi connectivity index (χ2v) is 8.88. The number of halogens is 3. The van der Waals surface area contributed by atoms with Crippen LogP contribution in [0.2, 0.25) is 0 Å². The average Bonchev–Trinajstić information content (AvgIpc) is 3.42. The molecule has 0 aliphatic carbocycles. The maximum Gasteiger partial charge on any atom is 0.453 e. The van der Waals surface area contributed by atoms with Gasteiger partial charge in [0, 0.05) is 25.2 Å². The molecule has 0 unspecified atom stereocenters. The summed E-state index contributed by atoms with van der Waals surface area (Å²) in [6, 6.07) is 8.69. The molecule has 176 valence electrons. The van der Waals surface area contributed by atoms with E-state index in [1.54, 1.807) is 12.3 Å². The molecule has 5 heterocycles. The normalized spacial score (nSPS) is 15.1. The molecule has 0 aromatic carbocycles. The fourth-order valence-corrected chi connectivity index (χ4v) is 4.83. The van der Waals surface area contributed by atoms with Crippen molar-refractivity contribution in [2.75, 3.05) is 23.3 Å². The Hall–Kier alpha value is -3.61. The van der Waals surface area contributed by atoms with E-state index in [-0.39, 0.29) is 17.5 Å². The number of anilines is 2. The molecule has 0 bridgehead atoms. The number of amides is 1. The standard InChI is InChI=1S/C21H19F3N8OS/c1-12-17(14-4-2-3-9-25-14)34-20(26-12)27-18(33)13-7-10-31(11-8-13)16-6-5-15-28-29-19(21(22,23)24)32(15)30-16/h2-6,9,13H,7-8,10-11H2,1H3,(H,26,27,33). The topological polar surface area (TPSA) is 101 Å². The summed E-state index contributed by atoms with van der Waals surface area (Å²) in [7, 11) is 0. The number of alkyl halides is 3. The van der Waals surface area contributed by atoms with Crippen LogP contribution in [0.4, 0.5) is 24.1 Å². The van der Waals surface area contributed by atoms with E-state index in [0.717, 1.165) is 16.3 Å². The van der Waals surface area contributed by atoms with Gasteiger partial charge in [-0.1, -0.05) is 17.4 Å². The van der Waals surface area contributed by atoms with E-state index in [9.17, 15) is 18.0 Å². The molecule has 1 amide bonds. The minimum Gasteiger partial charge on any atom is -0.355 e. The average molecular weight is 488 g/mol. The van der Waals surface area contributed by atoms with Crippen LogP contribution < -0.4 is 10.2 Å². The van der Waals surface area contributed by atoms with E-state index < -0.39 is 12.0 Å². The summed E-state index contributed by atoms with van der Waals surface area (Å²) in [6.45, 7) is 2.84. The third-order valence-corrected chi connectivity index (χ3v) is 6.71. The highest BCUT2D eigenvalue weighted by Crippen LogP contribution is 2.32. The second-order valence-electron chi connectivity index (χ2n) is 7.88. The van der Waals surface area contributed by atoms with Crippen LogP contribution in [-0.2, 0) is 11.0 Å². The Balaban J connectivity index is 1.24. The SMILES string of the molecule is Cc1nc(NC(=O)C2CCN(c3ccc4nnc(C(F)(F)F)n4n3)CC2)sc1-c1ccccn1. The molecule has 0 spiro atoms. The Morgan fingerprint density at radius 1 is 1.15 bits per heavy atom. The van der Waals surface area contributed by atoms with Gasteiger partial charge in [-0.25, -0.2) is 4.98 Å². The van der Waals surface area contributed by atoms with E-state index in [1.165, 1.54) is 17.4 Å². The van der Waals surface area contributed by atoms with Crippen LogP contribution >= 0.6 is 11.3 Å². The van der Waals surface area contributed by atoms with Crippen molar-refractivity contribution >= 4 is 33.8 Å². The minimum atomic E-state index is -4.65. The van der Waals surface area contributed by atoms with Gasteiger partial charge in [-0.15, -0.1) is 15.3 Å². The monoisotopic (exact) mass is 488 g/mol. The lowest BCUT2D eigenvalue weighted by Gasteiger charge is -2.31. The zero-order valence-electron chi connectivity index (χ0n) is 18.0. The molecule has 13 heteroatoms. The number of carbonyl (C=O) groups is 1. The van der Waals surface area contributed by atoms with Crippen LogP contribution in [0.3, 0.4) is 0 Å². The number of rotatable bonds is 4. The predicted octanol–water partition coefficient (Wildman–Crippen LogP) is 3.83. The van der Waals surface area contributed by atoms with E-state index >= 15 is 0 Å². The molecule has 0 saturated carbocycles. The molecule has 4 aromatic heterocycles. The highest BCUT2D eigenvalue weighted by molar-refractivity contribution is 7.19. The van der Waals surface area contributed by atoms with Gasteiger partial charge in [0.2, 0.25) is 5.91 Å². The Morgan fingerprint density at radius 3 is 2.65 bits per heavy atom. The maximum atomic E-state index is 13.1. The van der Waals surface area contributed by atoms with Crippen molar-refractivity contribution < 1.29 is 18.0 Å². The highest BCUT2D eigenvalue weighted by Gasteiger charge is 2.38. The number of nitrogens with zero attached hydrogens (tertiary/aromatic N) is 7. The Bertz CT molecular complexity index is 1330. The van der Waals surface area contributed by atoms with Crippen molar-refractivity contribution in [1.82, 2.24) is 29.8 Å². The molecule has 1 fully saturated rings. The Kier molecular flexibility index (Phi) is 5.63. The summed E-state index contributed by atoms with van der Waals surface area (Å²) < 4.78 is 40.1. The van der Waals surface area contributed by atoms with Gasteiger partial charge in [0.15, 0.2) is 10.8 Å². The van der Waals surface area contributed by atoms with E-state index in [2.05, 4.69) is 30.6 Å². The van der Waals surface area contributed by atoms with Crippen LogP contribution in [0.1, 0.15) is 24.4 Å². The van der Waals surface area contributed by atoms with Crippen molar-refractivity contribution in [1.29, 1.82) is 0 Å². The number of hydrogen-bond donors (Lipinski definition) is 1. The van der Waals surface area contributed by atoms with Crippen molar-refractivity contribution in [3.63, 3.8) is 0 Å². The molecule has 34 heavy (non-hydrogen) atoms. The van der Waals surface area contributed by atoms with Crippen LogP contribution in [-0.4, -0.2) is 48.8 Å². The highest BCUT2D eigenvalue weighted by atomic mass is 32.1. The van der Waals surface area contributed by atoms with E-state index in [0.29, 0.717) is 41.4 Å². The quantitative estimate of drug-likeness (QED) is 0.466. The molecule has 4 aromatic rings. The molecule has 1 N–H and O–H groups in total. The van der Waals surface area contributed by atoms with Gasteiger partial charge in [0.1, 0.15) is 5.82 Å². The number of thiazole rings is 1. The molecule has 1 aliphatic heterocycles. The van der Waals surface area contributed by atoms with Gasteiger partial charge in [0.25, 0.3) is 5.82 Å². The minimum absolute atomic E-state index is 0.0224. The lowest BCUT2D eigenvalue weighted by atomic mass is 9.96. The second kappa shape index (κ2) is 8.63. The third kappa shape index (κ3) is 4.30. The lowest BCUT2D eigenvalue weighted by molar-refractivity contribution is -0.146. The number of fused-ring (bicyclic) bond motifs is 1. The molecule has 5 rings (SSSR count). The molecule has 0 radical (unpaired) electrons. The lowest BCUT2D eigenvalue weighted by Crippen LogP contribution is -2.38. The zero-order valence-corrected chi connectivity index (χ0v) is 18.8. The smallest absolute Gasteiger partial charge is 0.355 e. The third-order valence-electron chi connectivity index (χ3n) is 5.62. The number of aromatic nitrogens is 6. The van der Waals surface area contributed by atoms with Gasteiger partial charge in [-0.2, -0.15) is 17.7 Å². The van der Waals surface area contributed by atoms with Gasteiger partial charge in [0.05, 0.1) is 16.3 Å². The van der Waals surface area contributed by atoms with Gasteiger partial charge in [-0.3, -0.25) is 9.78 Å². The van der Waals surface area contributed by atoms with Gasteiger partial charge < -0.3 is 10.2 Å². The summed E-state index contributed by atoms with van der Waals surface area (Å²) in [6.07, 6.45) is -1.87. The molecule has 0 atom stereocenters. The first-order chi connectivity index (χ1) is 16.3. The Morgan fingerprint density at radius 2 is 1.94 bits per heavy atom. The first-order valence-electron chi connectivity index (χ1n) is 10.5. The van der Waals surface area contributed by atoms with Crippen LogP contribution in [0.25, 0.3) is 16.2 Å². The van der Waals surface area contributed by atoms with Gasteiger partial charge in [-0.05, 0) is 44.0 Å². The van der Waals surface area contributed by atoms with Crippen LogP contribution in [0, 0.1) is 12.8 Å². The molecule has 1 aliphatic rings. The van der Waals surface area contributed by atoms with Crippen molar-refractivity contribution in [2.24, 2.45) is 5.92 Å². The summed E-state index contributed by atoms with van der Waals surface area (Å²) >= 11 is 1.38. The Labute approximate surface area is 195 Å². The number of nitrogens with one attached hydrogen (secondary N) is 1. The van der Waals surface area contributed by atoms with E-state index in [4.69, 9.17) is 0 Å². The summed E-state index contributed by atoms with van der Waals surface area (Å²) in [5.74, 6) is -1.14. The summed E-state index contributed by atoms with van der Waals surface area (Å²) in [5, 5.41) is 14.2. The number of hydrogen-bond acceptors (Lipinski definition) is 8. The van der Waals surface area contributed by atoms with Crippen molar-refractivity contribution in [3.05, 3.63) is 48.0 Å². The number of pyridine rings is 1. The van der Waals surface area contributed by atoms with Crippen LogP contribution in [0.15, 0.2) is 36.5 Å². The van der Waals surface area contributed by atoms with E-state index in [1.807, 2.05) is 30.0 Å². The predicted molar refractivity (Wildman–Crippen MR) is 119 cm³/mol. The first kappa shape index (κ1) is 22.2. The summed E-state index contributed by atoms with van der Waals surface area (Å²) in [5.41, 5.74) is 1.62. The molecular weight excluding hydrogens is 469 g/mol. The number of aryl methyl sites for hydroxylation is 1. The summed E-state index contributed by atoms with van der Waals surface area (Å²) in [4.78, 5) is 24.4. The molecule has 1 saturated heterocycles. The van der Waals surface area contributed by atoms with Crippen molar-refractivity contribution in [3.8, 4) is 10.6 Å². The molecular formula is C21H19F3N8OS. The largest absolute Gasteiger partial charge is 0.453 e. The van der Waals surface area contributed by atoms with Crippen LogP contribution in [0.5, 0.6) is 0 Å². The number of piperidine rings is 1. The fourth-order valence-electron chi connectivity index (χ4n) is 3.89. The zero-order chi connectivity index (χ0) is 23.9. The maximum absolute atomic E-state index is 13.1. The first-order valence-corrected chi connectivity index (χ1v) is 11.4.